The number of methoxy groups -OCH3 is 1. The molecule has 2 aromatic carbocycles. The van der Waals surface area contributed by atoms with E-state index >= 15 is 0 Å². The molecule has 7 heteroatoms. The third kappa shape index (κ3) is 5.60. The molecule has 1 N–H and O–H groups in total. The minimum absolute atomic E-state index is 0.0476. The molecule has 0 aliphatic carbocycles. The standard InChI is InChI=1S/C22H25N3O3S/c1-4-16(17-8-6-5-7-9-17)14-23-20(26)15(2)29-22-25-24-21(28-22)18-10-12-19(27-3)13-11-18/h5-13,15-16H,4,14H2,1-3H3,(H,23,26)/t15-,16+/m0/s1. The smallest absolute Gasteiger partial charge is 0.277 e. The summed E-state index contributed by atoms with van der Waals surface area (Å²) in [6.45, 7) is 4.56. The molecule has 0 spiro atoms. The Morgan fingerprint density at radius 3 is 2.52 bits per heavy atom. The van der Waals surface area contributed by atoms with Gasteiger partial charge in [0, 0.05) is 18.0 Å². The molecule has 0 fully saturated rings. The quantitative estimate of drug-likeness (QED) is 0.521. The maximum atomic E-state index is 12.5. The van der Waals surface area contributed by atoms with Gasteiger partial charge in [-0.25, -0.2) is 0 Å². The molecule has 1 amide bonds. The van der Waals surface area contributed by atoms with Crippen molar-refractivity contribution in [1.82, 2.24) is 15.5 Å². The van der Waals surface area contributed by atoms with E-state index in [9.17, 15) is 4.79 Å². The Hall–Kier alpha value is -2.80. The van der Waals surface area contributed by atoms with Gasteiger partial charge in [-0.05, 0) is 43.2 Å². The Morgan fingerprint density at radius 1 is 1.14 bits per heavy atom. The first kappa shape index (κ1) is 20.9. The lowest BCUT2D eigenvalue weighted by molar-refractivity contribution is -0.120. The van der Waals surface area contributed by atoms with Crippen molar-refractivity contribution in [2.75, 3.05) is 13.7 Å². The van der Waals surface area contributed by atoms with E-state index in [2.05, 4.69) is 34.6 Å². The Bertz CT molecular complexity index is 913. The largest absolute Gasteiger partial charge is 0.497 e. The number of carbonyl (C=O) groups is 1. The lowest BCUT2D eigenvalue weighted by Gasteiger charge is -2.17. The lowest BCUT2D eigenvalue weighted by atomic mass is 9.96. The van der Waals surface area contributed by atoms with Crippen molar-refractivity contribution >= 4 is 17.7 Å². The maximum absolute atomic E-state index is 12.5. The third-order valence-electron chi connectivity index (χ3n) is 4.68. The van der Waals surface area contributed by atoms with E-state index in [1.165, 1.54) is 17.3 Å². The summed E-state index contributed by atoms with van der Waals surface area (Å²) in [6, 6.07) is 17.6. The fourth-order valence-corrected chi connectivity index (χ4v) is 3.61. The number of hydrogen-bond donors (Lipinski definition) is 1. The third-order valence-corrected chi connectivity index (χ3v) is 5.61. The summed E-state index contributed by atoms with van der Waals surface area (Å²) in [5.41, 5.74) is 2.03. The van der Waals surface area contributed by atoms with Gasteiger partial charge < -0.3 is 14.5 Å². The zero-order valence-corrected chi connectivity index (χ0v) is 17.6. The Kier molecular flexibility index (Phi) is 7.30. The first-order valence-corrected chi connectivity index (χ1v) is 10.5. The van der Waals surface area contributed by atoms with Crippen molar-refractivity contribution in [3.63, 3.8) is 0 Å². The molecule has 29 heavy (non-hydrogen) atoms. The second kappa shape index (κ2) is 10.1. The van der Waals surface area contributed by atoms with Crippen LogP contribution in [0.3, 0.4) is 0 Å². The topological polar surface area (TPSA) is 77.2 Å². The SMILES string of the molecule is CC[C@H](CNC(=O)[C@H](C)Sc1nnc(-c2ccc(OC)cc2)o1)c1ccccc1. The van der Waals surface area contributed by atoms with Gasteiger partial charge in [0.2, 0.25) is 11.8 Å². The fourth-order valence-electron chi connectivity index (χ4n) is 2.90. The highest BCUT2D eigenvalue weighted by molar-refractivity contribution is 8.00. The van der Waals surface area contributed by atoms with Gasteiger partial charge in [0.1, 0.15) is 5.75 Å². The molecule has 0 aliphatic rings. The highest BCUT2D eigenvalue weighted by Gasteiger charge is 2.20. The minimum atomic E-state index is -0.340. The normalized spacial score (nSPS) is 12.9. The fraction of sp³-hybridized carbons (Fsp3) is 0.318. The number of ether oxygens (including phenoxy) is 1. The van der Waals surface area contributed by atoms with Gasteiger partial charge in [-0.1, -0.05) is 49.0 Å². The average Bonchev–Trinajstić information content (AvgIpc) is 3.23. The van der Waals surface area contributed by atoms with Crippen LogP contribution in [0, 0.1) is 0 Å². The van der Waals surface area contributed by atoms with Crippen LogP contribution in [0.2, 0.25) is 0 Å². The van der Waals surface area contributed by atoms with Crippen molar-refractivity contribution in [3.8, 4) is 17.2 Å². The van der Waals surface area contributed by atoms with Gasteiger partial charge in [-0.3, -0.25) is 4.79 Å². The summed E-state index contributed by atoms with van der Waals surface area (Å²) in [4.78, 5) is 12.5. The van der Waals surface area contributed by atoms with E-state index < -0.39 is 0 Å². The number of amides is 1. The van der Waals surface area contributed by atoms with Crippen molar-refractivity contribution in [3.05, 3.63) is 60.2 Å². The predicted octanol–water partition coefficient (Wildman–Crippen LogP) is 4.54. The van der Waals surface area contributed by atoms with Gasteiger partial charge in [0.25, 0.3) is 5.22 Å². The van der Waals surface area contributed by atoms with Crippen molar-refractivity contribution < 1.29 is 13.9 Å². The summed E-state index contributed by atoms with van der Waals surface area (Å²) >= 11 is 1.25. The zero-order chi connectivity index (χ0) is 20.6. The average molecular weight is 412 g/mol. The highest BCUT2D eigenvalue weighted by Crippen LogP contribution is 2.27. The van der Waals surface area contributed by atoms with Gasteiger partial charge in [0.15, 0.2) is 0 Å². The van der Waals surface area contributed by atoms with Gasteiger partial charge in [-0.15, -0.1) is 10.2 Å². The summed E-state index contributed by atoms with van der Waals surface area (Å²) in [7, 11) is 1.62. The molecule has 0 unspecified atom stereocenters. The van der Waals surface area contributed by atoms with Crippen LogP contribution in [0.25, 0.3) is 11.5 Å². The number of carbonyl (C=O) groups excluding carboxylic acids is 1. The summed E-state index contributed by atoms with van der Waals surface area (Å²) in [5, 5.41) is 11.2. The molecule has 0 radical (unpaired) electrons. The van der Waals surface area contributed by atoms with Gasteiger partial charge in [-0.2, -0.15) is 0 Å². The molecule has 0 saturated carbocycles. The molecule has 1 aromatic heterocycles. The van der Waals surface area contributed by atoms with Crippen LogP contribution in [0.15, 0.2) is 64.2 Å². The molecule has 0 bridgehead atoms. The Balaban J connectivity index is 1.55. The van der Waals surface area contributed by atoms with E-state index in [1.807, 2.05) is 49.4 Å². The van der Waals surface area contributed by atoms with Crippen molar-refractivity contribution in [2.24, 2.45) is 0 Å². The zero-order valence-electron chi connectivity index (χ0n) is 16.8. The van der Waals surface area contributed by atoms with E-state index in [0.717, 1.165) is 17.7 Å². The van der Waals surface area contributed by atoms with Crippen molar-refractivity contribution in [1.29, 1.82) is 0 Å². The molecule has 152 valence electrons. The van der Waals surface area contributed by atoms with Crippen molar-refractivity contribution in [2.45, 2.75) is 36.7 Å². The number of thioether (sulfide) groups is 1. The summed E-state index contributed by atoms with van der Waals surface area (Å²) < 4.78 is 10.9. The highest BCUT2D eigenvalue weighted by atomic mass is 32.2. The maximum Gasteiger partial charge on any atom is 0.277 e. The van der Waals surface area contributed by atoms with E-state index in [4.69, 9.17) is 9.15 Å². The van der Waals surface area contributed by atoms with Crippen LogP contribution >= 0.6 is 11.8 Å². The number of aromatic nitrogens is 2. The lowest BCUT2D eigenvalue weighted by Crippen LogP contribution is -2.34. The molecule has 2 atom stereocenters. The van der Waals surface area contributed by atoms with Crippen LogP contribution in [-0.2, 0) is 4.79 Å². The molecule has 1 heterocycles. The summed E-state index contributed by atoms with van der Waals surface area (Å²) in [6.07, 6.45) is 0.959. The van der Waals surface area contributed by atoms with Crippen LogP contribution in [0.1, 0.15) is 31.7 Å². The second-order valence-electron chi connectivity index (χ2n) is 6.62. The molecule has 3 rings (SSSR count). The number of hydrogen-bond acceptors (Lipinski definition) is 6. The molecular weight excluding hydrogens is 386 g/mol. The minimum Gasteiger partial charge on any atom is -0.497 e. The number of nitrogens with one attached hydrogen (secondary N) is 1. The van der Waals surface area contributed by atoms with Crippen LogP contribution < -0.4 is 10.1 Å². The first-order chi connectivity index (χ1) is 14.1. The number of rotatable bonds is 9. The van der Waals surface area contributed by atoms with E-state index in [-0.39, 0.29) is 11.2 Å². The Labute approximate surface area is 175 Å². The Morgan fingerprint density at radius 2 is 1.86 bits per heavy atom. The van der Waals surface area contributed by atoms with Gasteiger partial charge in [0.05, 0.1) is 12.4 Å². The molecule has 0 aliphatic heterocycles. The van der Waals surface area contributed by atoms with Crippen LogP contribution in [0.5, 0.6) is 5.75 Å². The second-order valence-corrected chi connectivity index (χ2v) is 7.91. The van der Waals surface area contributed by atoms with Gasteiger partial charge >= 0.3 is 0 Å². The van der Waals surface area contributed by atoms with E-state index in [1.54, 1.807) is 7.11 Å². The number of nitrogens with zero attached hydrogens (tertiary/aromatic N) is 2. The molecule has 0 saturated heterocycles. The van der Waals surface area contributed by atoms with E-state index in [0.29, 0.717) is 23.6 Å². The summed E-state index contributed by atoms with van der Waals surface area (Å²) in [5.74, 6) is 1.42. The van der Waals surface area contributed by atoms with Crippen LogP contribution in [0.4, 0.5) is 0 Å². The predicted molar refractivity (Wildman–Crippen MR) is 114 cm³/mol. The van der Waals surface area contributed by atoms with Crippen LogP contribution in [-0.4, -0.2) is 35.0 Å². The molecule has 6 nitrogen and oxygen atoms in total. The monoisotopic (exact) mass is 411 g/mol. The first-order valence-electron chi connectivity index (χ1n) is 9.58. The molecular formula is C22H25N3O3S. The molecule has 3 aromatic rings. The number of benzene rings is 2.